The molecule has 0 spiro atoms. The molecule has 0 aliphatic rings. The first-order valence-electron chi connectivity index (χ1n) is 6.00. The van der Waals surface area contributed by atoms with Gasteiger partial charge in [0.1, 0.15) is 0 Å². The Kier molecular flexibility index (Phi) is 6.10. The minimum Gasteiger partial charge on any atom is -0.313 e. The molecule has 2 nitrogen and oxygen atoms in total. The Bertz CT molecular complexity index is 378. The van der Waals surface area contributed by atoms with E-state index >= 15 is 0 Å². The van der Waals surface area contributed by atoms with Crippen LogP contribution in [0.5, 0.6) is 0 Å². The van der Waals surface area contributed by atoms with Gasteiger partial charge in [0.2, 0.25) is 0 Å². The molecule has 0 saturated heterocycles. The molecule has 19 heavy (non-hydrogen) atoms. The van der Waals surface area contributed by atoms with Crippen LogP contribution in [0.4, 0.5) is 13.2 Å². The summed E-state index contributed by atoms with van der Waals surface area (Å²) in [6.45, 7) is -0.516. The number of hydrogen-bond acceptors (Lipinski definition) is 2. The molecule has 0 bridgehead atoms. The molecular weight excluding hydrogens is 277 g/mol. The third kappa shape index (κ3) is 6.27. The largest absolute Gasteiger partial charge is 0.401 e. The van der Waals surface area contributed by atoms with Crippen LogP contribution < -0.4 is 5.32 Å². The van der Waals surface area contributed by atoms with Gasteiger partial charge >= 0.3 is 6.18 Å². The molecule has 0 aromatic heterocycles. The summed E-state index contributed by atoms with van der Waals surface area (Å²) < 4.78 is 36.6. The molecule has 6 heteroatoms. The lowest BCUT2D eigenvalue weighted by Crippen LogP contribution is -2.33. The molecule has 1 aromatic rings. The van der Waals surface area contributed by atoms with Crippen LogP contribution >= 0.6 is 11.6 Å². The zero-order valence-corrected chi connectivity index (χ0v) is 11.7. The highest BCUT2D eigenvalue weighted by Crippen LogP contribution is 2.20. The first-order valence-corrected chi connectivity index (χ1v) is 6.37. The Morgan fingerprint density at radius 1 is 1.26 bits per heavy atom. The second-order valence-electron chi connectivity index (χ2n) is 4.53. The average molecular weight is 295 g/mol. The van der Waals surface area contributed by atoms with Crippen molar-refractivity contribution >= 4 is 11.6 Å². The topological polar surface area (TPSA) is 15.3 Å². The van der Waals surface area contributed by atoms with Gasteiger partial charge in [0, 0.05) is 11.1 Å². The maximum absolute atomic E-state index is 12.2. The summed E-state index contributed by atoms with van der Waals surface area (Å²) in [5, 5.41) is 3.75. The highest BCUT2D eigenvalue weighted by Gasteiger charge is 2.29. The van der Waals surface area contributed by atoms with Gasteiger partial charge < -0.3 is 5.32 Å². The van der Waals surface area contributed by atoms with E-state index in [1.165, 1.54) is 11.9 Å². The van der Waals surface area contributed by atoms with Crippen molar-refractivity contribution in [2.75, 3.05) is 27.2 Å². The lowest BCUT2D eigenvalue weighted by molar-refractivity contribution is -0.143. The standard InChI is InChI=1S/C13H18ClF3N2/c1-18-12(10-3-5-11(14)6-4-10)7-8-19(2)9-13(15,16)17/h3-6,12,18H,7-9H2,1-2H3. The quantitative estimate of drug-likeness (QED) is 0.864. The molecule has 0 saturated carbocycles. The molecule has 0 aliphatic heterocycles. The number of nitrogens with one attached hydrogen (secondary N) is 1. The molecule has 1 unspecified atom stereocenters. The van der Waals surface area contributed by atoms with Crippen molar-refractivity contribution in [3.8, 4) is 0 Å². The van der Waals surface area contributed by atoms with Gasteiger partial charge in [-0.3, -0.25) is 4.90 Å². The van der Waals surface area contributed by atoms with E-state index in [4.69, 9.17) is 11.6 Å². The van der Waals surface area contributed by atoms with Crippen molar-refractivity contribution in [3.05, 3.63) is 34.9 Å². The van der Waals surface area contributed by atoms with Crippen LogP contribution in [-0.2, 0) is 0 Å². The zero-order valence-electron chi connectivity index (χ0n) is 11.0. The van der Waals surface area contributed by atoms with Gasteiger partial charge in [0.25, 0.3) is 0 Å². The summed E-state index contributed by atoms with van der Waals surface area (Å²) in [5.41, 5.74) is 1.02. The van der Waals surface area contributed by atoms with E-state index in [-0.39, 0.29) is 6.04 Å². The molecule has 0 radical (unpaired) electrons. The minimum atomic E-state index is -4.15. The van der Waals surface area contributed by atoms with Crippen LogP contribution in [0.25, 0.3) is 0 Å². The number of alkyl halides is 3. The van der Waals surface area contributed by atoms with Crippen molar-refractivity contribution in [2.24, 2.45) is 0 Å². The first kappa shape index (κ1) is 16.3. The van der Waals surface area contributed by atoms with Gasteiger partial charge in [0.15, 0.2) is 0 Å². The number of hydrogen-bond donors (Lipinski definition) is 1. The lowest BCUT2D eigenvalue weighted by Gasteiger charge is -2.22. The van der Waals surface area contributed by atoms with E-state index in [0.29, 0.717) is 18.0 Å². The number of benzene rings is 1. The van der Waals surface area contributed by atoms with Gasteiger partial charge in [-0.2, -0.15) is 13.2 Å². The molecule has 1 aromatic carbocycles. The number of rotatable bonds is 6. The molecular formula is C13H18ClF3N2. The van der Waals surface area contributed by atoms with E-state index < -0.39 is 12.7 Å². The summed E-state index contributed by atoms with van der Waals surface area (Å²) >= 11 is 5.81. The smallest absolute Gasteiger partial charge is 0.313 e. The third-order valence-corrected chi connectivity index (χ3v) is 3.12. The van der Waals surface area contributed by atoms with E-state index in [2.05, 4.69) is 5.32 Å². The number of halogens is 4. The Hall–Kier alpha value is -0.780. The van der Waals surface area contributed by atoms with Crippen LogP contribution in [0.1, 0.15) is 18.0 Å². The second-order valence-corrected chi connectivity index (χ2v) is 4.97. The van der Waals surface area contributed by atoms with Crippen molar-refractivity contribution in [2.45, 2.75) is 18.6 Å². The molecule has 1 atom stereocenters. The average Bonchev–Trinajstić information content (AvgIpc) is 2.29. The fraction of sp³-hybridized carbons (Fsp3) is 0.538. The lowest BCUT2D eigenvalue weighted by atomic mass is 10.0. The molecule has 0 aliphatic carbocycles. The van der Waals surface area contributed by atoms with Gasteiger partial charge in [-0.25, -0.2) is 0 Å². The predicted octanol–water partition coefficient (Wildman–Crippen LogP) is 3.48. The maximum Gasteiger partial charge on any atom is 0.401 e. The van der Waals surface area contributed by atoms with Crippen molar-refractivity contribution in [3.63, 3.8) is 0 Å². The van der Waals surface area contributed by atoms with Crippen LogP contribution in [-0.4, -0.2) is 38.3 Å². The zero-order chi connectivity index (χ0) is 14.5. The van der Waals surface area contributed by atoms with Crippen LogP contribution in [0, 0.1) is 0 Å². The fourth-order valence-electron chi connectivity index (χ4n) is 1.91. The van der Waals surface area contributed by atoms with E-state index in [1.54, 1.807) is 19.2 Å². The van der Waals surface area contributed by atoms with Gasteiger partial charge in [-0.15, -0.1) is 0 Å². The monoisotopic (exact) mass is 294 g/mol. The molecule has 1 N–H and O–H groups in total. The molecule has 108 valence electrons. The first-order chi connectivity index (χ1) is 8.81. The Morgan fingerprint density at radius 2 is 1.84 bits per heavy atom. The van der Waals surface area contributed by atoms with Gasteiger partial charge in [-0.05, 0) is 44.8 Å². The van der Waals surface area contributed by atoms with Crippen molar-refractivity contribution in [1.29, 1.82) is 0 Å². The van der Waals surface area contributed by atoms with E-state index in [0.717, 1.165) is 5.56 Å². The van der Waals surface area contributed by atoms with Crippen molar-refractivity contribution in [1.82, 2.24) is 10.2 Å². The summed E-state index contributed by atoms with van der Waals surface area (Å²) in [4.78, 5) is 1.28. The summed E-state index contributed by atoms with van der Waals surface area (Å²) in [5.74, 6) is 0. The van der Waals surface area contributed by atoms with E-state index in [1.807, 2.05) is 12.1 Å². The Balaban J connectivity index is 2.51. The SMILES string of the molecule is CNC(CCN(C)CC(F)(F)F)c1ccc(Cl)cc1. The molecule has 0 fully saturated rings. The normalized spacial score (nSPS) is 13.8. The molecule has 1 rings (SSSR count). The van der Waals surface area contributed by atoms with E-state index in [9.17, 15) is 13.2 Å². The minimum absolute atomic E-state index is 0.0213. The summed E-state index contributed by atoms with van der Waals surface area (Å²) in [6.07, 6.45) is -3.55. The van der Waals surface area contributed by atoms with Gasteiger partial charge in [-0.1, -0.05) is 23.7 Å². The number of nitrogens with zero attached hydrogens (tertiary/aromatic N) is 1. The van der Waals surface area contributed by atoms with Gasteiger partial charge in [0.05, 0.1) is 6.54 Å². The van der Waals surface area contributed by atoms with Crippen molar-refractivity contribution < 1.29 is 13.2 Å². The van der Waals surface area contributed by atoms with Crippen LogP contribution in [0.15, 0.2) is 24.3 Å². The predicted molar refractivity (Wildman–Crippen MR) is 71.4 cm³/mol. The second kappa shape index (κ2) is 7.12. The third-order valence-electron chi connectivity index (χ3n) is 2.87. The summed E-state index contributed by atoms with van der Waals surface area (Å²) in [7, 11) is 3.27. The van der Waals surface area contributed by atoms with Crippen LogP contribution in [0.3, 0.4) is 0 Å². The fourth-order valence-corrected chi connectivity index (χ4v) is 2.03. The Labute approximate surface area is 116 Å². The van der Waals surface area contributed by atoms with Crippen LogP contribution in [0.2, 0.25) is 5.02 Å². The highest BCUT2D eigenvalue weighted by atomic mass is 35.5. The molecule has 0 amide bonds. The highest BCUT2D eigenvalue weighted by molar-refractivity contribution is 6.30. The molecule has 0 heterocycles. The maximum atomic E-state index is 12.2. The summed E-state index contributed by atoms with van der Waals surface area (Å²) in [6, 6.07) is 7.34. The Morgan fingerprint density at radius 3 is 2.32 bits per heavy atom.